The van der Waals surface area contributed by atoms with E-state index >= 15 is 0 Å². The molecule has 4 aromatic rings. The lowest BCUT2D eigenvalue weighted by atomic mass is 10.1. The number of H-pyrrole nitrogens is 1. The van der Waals surface area contributed by atoms with Crippen LogP contribution in [0, 0.1) is 5.82 Å². The summed E-state index contributed by atoms with van der Waals surface area (Å²) in [6.07, 6.45) is 0. The summed E-state index contributed by atoms with van der Waals surface area (Å²) >= 11 is 5.75. The SMILES string of the molecule is Cn1c(C(=O)Nc2ccc(F)c(Cl)c2)cc2c(=O)[nH]c3ccccc3c21. The number of aromatic amines is 1. The molecule has 2 heterocycles. The zero-order chi connectivity index (χ0) is 18.4. The number of aryl methyl sites for hydroxylation is 1. The summed E-state index contributed by atoms with van der Waals surface area (Å²) < 4.78 is 14.9. The Bertz CT molecular complexity index is 1240. The van der Waals surface area contributed by atoms with Crippen LogP contribution in [-0.4, -0.2) is 15.5 Å². The number of halogens is 2. The molecule has 5 nitrogen and oxygen atoms in total. The maximum absolute atomic E-state index is 13.3. The average Bonchev–Trinajstić information content (AvgIpc) is 2.97. The fourth-order valence-electron chi connectivity index (χ4n) is 3.08. The molecule has 1 amide bonds. The molecule has 130 valence electrons. The zero-order valence-corrected chi connectivity index (χ0v) is 14.4. The molecule has 0 atom stereocenters. The Morgan fingerprint density at radius 3 is 2.69 bits per heavy atom. The molecule has 0 radical (unpaired) electrons. The minimum absolute atomic E-state index is 0.0812. The molecular formula is C19H13ClFN3O2. The zero-order valence-electron chi connectivity index (χ0n) is 13.6. The highest BCUT2D eigenvalue weighted by atomic mass is 35.5. The van der Waals surface area contributed by atoms with Gasteiger partial charge in [-0.15, -0.1) is 0 Å². The first-order chi connectivity index (χ1) is 12.5. The number of para-hydroxylation sites is 1. The Kier molecular flexibility index (Phi) is 3.77. The van der Waals surface area contributed by atoms with E-state index in [1.807, 2.05) is 24.3 Å². The van der Waals surface area contributed by atoms with Crippen LogP contribution >= 0.6 is 11.6 Å². The number of rotatable bonds is 2. The lowest BCUT2D eigenvalue weighted by molar-refractivity contribution is 0.102. The Labute approximate surface area is 152 Å². The first-order valence-corrected chi connectivity index (χ1v) is 8.20. The highest BCUT2D eigenvalue weighted by Gasteiger charge is 2.18. The van der Waals surface area contributed by atoms with Crippen molar-refractivity contribution >= 4 is 45.0 Å². The largest absolute Gasteiger partial charge is 0.339 e. The lowest BCUT2D eigenvalue weighted by Gasteiger charge is -2.08. The normalized spacial score (nSPS) is 11.2. The number of carbonyl (C=O) groups is 1. The summed E-state index contributed by atoms with van der Waals surface area (Å²) in [6, 6.07) is 12.9. The molecule has 4 rings (SSSR count). The van der Waals surface area contributed by atoms with Gasteiger partial charge in [0.2, 0.25) is 0 Å². The number of benzene rings is 2. The van der Waals surface area contributed by atoms with E-state index in [-0.39, 0.29) is 10.6 Å². The van der Waals surface area contributed by atoms with Gasteiger partial charge in [0.15, 0.2) is 0 Å². The smallest absolute Gasteiger partial charge is 0.272 e. The van der Waals surface area contributed by atoms with Gasteiger partial charge in [0, 0.05) is 18.1 Å². The summed E-state index contributed by atoms with van der Waals surface area (Å²) in [5.41, 5.74) is 1.78. The molecule has 0 spiro atoms. The summed E-state index contributed by atoms with van der Waals surface area (Å²) in [5.74, 6) is -0.984. The van der Waals surface area contributed by atoms with Crippen molar-refractivity contribution < 1.29 is 9.18 Å². The maximum atomic E-state index is 13.3. The minimum atomic E-state index is -0.563. The Hall–Kier alpha value is -3.12. The summed E-state index contributed by atoms with van der Waals surface area (Å²) in [5, 5.41) is 3.86. The molecule has 26 heavy (non-hydrogen) atoms. The standard InChI is InChI=1S/C19H13ClFN3O2/c1-24-16(19(26)22-10-6-7-14(21)13(20)8-10)9-12-17(24)11-4-2-3-5-15(11)23-18(12)25/h2-9H,1H3,(H,22,26)(H,23,25). The average molecular weight is 370 g/mol. The van der Waals surface area contributed by atoms with E-state index in [9.17, 15) is 14.0 Å². The first kappa shape index (κ1) is 16.4. The van der Waals surface area contributed by atoms with Crippen LogP contribution in [0.15, 0.2) is 53.3 Å². The van der Waals surface area contributed by atoms with Gasteiger partial charge in [0.25, 0.3) is 11.5 Å². The van der Waals surface area contributed by atoms with Gasteiger partial charge in [-0.1, -0.05) is 29.8 Å². The summed E-state index contributed by atoms with van der Waals surface area (Å²) in [6.45, 7) is 0. The monoisotopic (exact) mass is 369 g/mol. The van der Waals surface area contributed by atoms with E-state index in [2.05, 4.69) is 10.3 Å². The van der Waals surface area contributed by atoms with E-state index in [0.29, 0.717) is 27.8 Å². The number of anilines is 1. The van der Waals surface area contributed by atoms with Crippen LogP contribution in [0.1, 0.15) is 10.5 Å². The van der Waals surface area contributed by atoms with Gasteiger partial charge in [-0.05, 0) is 30.3 Å². The molecule has 2 N–H and O–H groups in total. The molecule has 0 unspecified atom stereocenters. The highest BCUT2D eigenvalue weighted by molar-refractivity contribution is 6.31. The molecule has 2 aromatic heterocycles. The molecule has 7 heteroatoms. The second-order valence-corrected chi connectivity index (χ2v) is 6.34. The van der Waals surface area contributed by atoms with Crippen molar-refractivity contribution in [2.24, 2.45) is 7.05 Å². The second kappa shape index (κ2) is 6.00. The first-order valence-electron chi connectivity index (χ1n) is 7.82. The minimum Gasteiger partial charge on any atom is -0.339 e. The third-order valence-corrected chi connectivity index (χ3v) is 4.61. The van der Waals surface area contributed by atoms with E-state index in [1.54, 1.807) is 17.7 Å². The van der Waals surface area contributed by atoms with Crippen LogP contribution in [0.4, 0.5) is 10.1 Å². The molecule has 0 saturated carbocycles. The van der Waals surface area contributed by atoms with Crippen molar-refractivity contribution in [1.29, 1.82) is 0 Å². The van der Waals surface area contributed by atoms with Gasteiger partial charge in [0.1, 0.15) is 11.5 Å². The summed E-state index contributed by atoms with van der Waals surface area (Å²) in [7, 11) is 1.72. The van der Waals surface area contributed by atoms with Crippen molar-refractivity contribution in [3.8, 4) is 0 Å². The van der Waals surface area contributed by atoms with Crippen LogP contribution in [0.5, 0.6) is 0 Å². The second-order valence-electron chi connectivity index (χ2n) is 5.93. The highest BCUT2D eigenvalue weighted by Crippen LogP contribution is 2.25. The number of hydrogen-bond acceptors (Lipinski definition) is 2. The van der Waals surface area contributed by atoms with E-state index in [0.717, 1.165) is 5.39 Å². The van der Waals surface area contributed by atoms with Crippen molar-refractivity contribution in [3.63, 3.8) is 0 Å². The predicted molar refractivity (Wildman–Crippen MR) is 100 cm³/mol. The van der Waals surface area contributed by atoms with Gasteiger partial charge in [-0.25, -0.2) is 4.39 Å². The number of amides is 1. The van der Waals surface area contributed by atoms with Crippen LogP contribution in [0.3, 0.4) is 0 Å². The molecule has 2 aromatic carbocycles. The topological polar surface area (TPSA) is 66.9 Å². The van der Waals surface area contributed by atoms with Crippen LogP contribution < -0.4 is 10.9 Å². The van der Waals surface area contributed by atoms with Crippen LogP contribution in [0.25, 0.3) is 21.8 Å². The van der Waals surface area contributed by atoms with E-state index in [4.69, 9.17) is 11.6 Å². The third kappa shape index (κ3) is 2.55. The quantitative estimate of drug-likeness (QED) is 0.559. The molecule has 0 aliphatic heterocycles. The molecule has 0 bridgehead atoms. The fraction of sp³-hybridized carbons (Fsp3) is 0.0526. The third-order valence-electron chi connectivity index (χ3n) is 4.32. The van der Waals surface area contributed by atoms with Gasteiger partial charge in [-0.3, -0.25) is 9.59 Å². The van der Waals surface area contributed by atoms with E-state index < -0.39 is 11.7 Å². The van der Waals surface area contributed by atoms with Crippen molar-refractivity contribution in [3.05, 3.63) is 75.4 Å². The van der Waals surface area contributed by atoms with Gasteiger partial charge in [0.05, 0.1) is 21.4 Å². The Morgan fingerprint density at radius 1 is 1.15 bits per heavy atom. The number of fused-ring (bicyclic) bond motifs is 3. The lowest BCUT2D eigenvalue weighted by Crippen LogP contribution is -2.15. The van der Waals surface area contributed by atoms with Crippen LogP contribution in [-0.2, 0) is 7.05 Å². The molecule has 0 aliphatic carbocycles. The van der Waals surface area contributed by atoms with E-state index in [1.165, 1.54) is 18.2 Å². The Balaban J connectivity index is 1.84. The molecule has 0 fully saturated rings. The number of carbonyl (C=O) groups excluding carboxylic acids is 1. The van der Waals surface area contributed by atoms with Gasteiger partial charge < -0.3 is 14.9 Å². The van der Waals surface area contributed by atoms with Crippen molar-refractivity contribution in [1.82, 2.24) is 9.55 Å². The van der Waals surface area contributed by atoms with Crippen molar-refractivity contribution in [2.75, 3.05) is 5.32 Å². The summed E-state index contributed by atoms with van der Waals surface area (Å²) in [4.78, 5) is 27.8. The van der Waals surface area contributed by atoms with Gasteiger partial charge in [-0.2, -0.15) is 0 Å². The fourth-order valence-corrected chi connectivity index (χ4v) is 3.26. The van der Waals surface area contributed by atoms with Gasteiger partial charge >= 0.3 is 0 Å². The molecule has 0 aliphatic rings. The molecular weight excluding hydrogens is 357 g/mol. The molecule has 0 saturated heterocycles. The number of hydrogen-bond donors (Lipinski definition) is 2. The van der Waals surface area contributed by atoms with Crippen molar-refractivity contribution in [2.45, 2.75) is 0 Å². The predicted octanol–water partition coefficient (Wildman–Crippen LogP) is 4.06. The Morgan fingerprint density at radius 2 is 1.92 bits per heavy atom. The number of nitrogens with one attached hydrogen (secondary N) is 2. The number of aromatic nitrogens is 2. The number of nitrogens with zero attached hydrogens (tertiary/aromatic N) is 1. The number of pyridine rings is 1. The maximum Gasteiger partial charge on any atom is 0.272 e. The van der Waals surface area contributed by atoms with Crippen LogP contribution in [0.2, 0.25) is 5.02 Å².